The summed E-state index contributed by atoms with van der Waals surface area (Å²) in [5.74, 6) is -1.33. The molecule has 1 heterocycles. The van der Waals surface area contributed by atoms with Gasteiger partial charge in [-0.3, -0.25) is 14.9 Å². The molecule has 22 heavy (non-hydrogen) atoms. The van der Waals surface area contributed by atoms with Crippen molar-refractivity contribution in [2.75, 3.05) is 32.5 Å². The number of carbonyl (C=O) groups excluding carboxylic acids is 2. The fourth-order valence-corrected chi connectivity index (χ4v) is 2.45. The molecule has 0 aliphatic rings. The Morgan fingerprint density at radius 2 is 1.91 bits per heavy atom. The summed E-state index contributed by atoms with van der Waals surface area (Å²) in [6.07, 6.45) is 0. The number of thiazole rings is 1. The van der Waals surface area contributed by atoms with Crippen LogP contribution in [0.3, 0.4) is 0 Å². The minimum Gasteiger partial charge on any atom is -0.342 e. The fourth-order valence-electron chi connectivity index (χ4n) is 1.73. The Morgan fingerprint density at radius 3 is 2.59 bits per heavy atom. The van der Waals surface area contributed by atoms with E-state index in [-0.39, 0.29) is 0 Å². The third-order valence-electron chi connectivity index (χ3n) is 2.91. The highest BCUT2D eigenvalue weighted by Crippen LogP contribution is 2.24. The van der Waals surface area contributed by atoms with Gasteiger partial charge in [-0.25, -0.2) is 4.98 Å². The molecule has 0 atom stereocenters. The SMILES string of the molecule is C[NH+](C)CCNC(=O)C(=O)Nc1nc(-c2ccccc2)cs1. The predicted molar refractivity (Wildman–Crippen MR) is 86.9 cm³/mol. The number of nitrogens with one attached hydrogen (secondary N) is 3. The normalized spacial score (nSPS) is 10.5. The summed E-state index contributed by atoms with van der Waals surface area (Å²) in [5, 5.41) is 7.36. The molecule has 0 aliphatic heterocycles. The van der Waals surface area contributed by atoms with Crippen LogP contribution in [-0.2, 0) is 9.59 Å². The summed E-state index contributed by atoms with van der Waals surface area (Å²) in [7, 11) is 3.96. The molecule has 0 fully saturated rings. The molecule has 0 saturated heterocycles. The zero-order valence-corrected chi connectivity index (χ0v) is 13.4. The van der Waals surface area contributed by atoms with E-state index in [0.29, 0.717) is 11.7 Å². The Kier molecular flexibility index (Phi) is 5.62. The van der Waals surface area contributed by atoms with Crippen molar-refractivity contribution in [1.29, 1.82) is 0 Å². The molecule has 0 aliphatic carbocycles. The van der Waals surface area contributed by atoms with Crippen molar-refractivity contribution in [1.82, 2.24) is 10.3 Å². The third-order valence-corrected chi connectivity index (χ3v) is 3.67. The van der Waals surface area contributed by atoms with E-state index in [1.807, 2.05) is 49.8 Å². The van der Waals surface area contributed by atoms with Crippen LogP contribution in [0.2, 0.25) is 0 Å². The molecule has 6 nitrogen and oxygen atoms in total. The molecule has 0 saturated carbocycles. The maximum Gasteiger partial charge on any atom is 0.315 e. The third kappa shape index (κ3) is 4.64. The second-order valence-corrected chi connectivity index (χ2v) is 5.93. The minimum atomic E-state index is -0.692. The van der Waals surface area contributed by atoms with Crippen LogP contribution < -0.4 is 15.5 Å². The molecule has 116 valence electrons. The molecule has 2 rings (SSSR count). The molecule has 0 unspecified atom stereocenters. The second-order valence-electron chi connectivity index (χ2n) is 5.07. The van der Waals surface area contributed by atoms with Crippen molar-refractivity contribution in [2.24, 2.45) is 0 Å². The van der Waals surface area contributed by atoms with Crippen LogP contribution in [0.15, 0.2) is 35.7 Å². The molecular formula is C15H19N4O2S+. The van der Waals surface area contributed by atoms with E-state index in [0.717, 1.165) is 17.8 Å². The van der Waals surface area contributed by atoms with E-state index in [9.17, 15) is 9.59 Å². The van der Waals surface area contributed by atoms with Crippen molar-refractivity contribution in [2.45, 2.75) is 0 Å². The number of amides is 2. The van der Waals surface area contributed by atoms with Gasteiger partial charge in [0, 0.05) is 10.9 Å². The first-order chi connectivity index (χ1) is 10.6. The highest BCUT2D eigenvalue weighted by Gasteiger charge is 2.15. The van der Waals surface area contributed by atoms with Gasteiger partial charge in [0.15, 0.2) is 5.13 Å². The van der Waals surface area contributed by atoms with Crippen molar-refractivity contribution in [3.63, 3.8) is 0 Å². The number of hydrogen-bond acceptors (Lipinski definition) is 4. The van der Waals surface area contributed by atoms with Crippen LogP contribution in [0.5, 0.6) is 0 Å². The molecule has 2 amide bonds. The van der Waals surface area contributed by atoms with Gasteiger partial charge in [0.1, 0.15) is 0 Å². The zero-order chi connectivity index (χ0) is 15.9. The summed E-state index contributed by atoms with van der Waals surface area (Å²) >= 11 is 1.29. The van der Waals surface area contributed by atoms with Gasteiger partial charge in [-0.15, -0.1) is 11.3 Å². The Morgan fingerprint density at radius 1 is 1.18 bits per heavy atom. The lowest BCUT2D eigenvalue weighted by Gasteiger charge is -2.07. The van der Waals surface area contributed by atoms with E-state index in [1.165, 1.54) is 16.2 Å². The standard InChI is InChI=1S/C15H18N4O2S/c1-19(2)9-8-16-13(20)14(21)18-15-17-12(10-22-15)11-6-4-3-5-7-11/h3-7,10H,8-9H2,1-2H3,(H,16,20)(H,17,18,21)/p+1. The lowest BCUT2D eigenvalue weighted by Crippen LogP contribution is -3.06. The lowest BCUT2D eigenvalue weighted by atomic mass is 10.2. The number of anilines is 1. The number of rotatable bonds is 5. The van der Waals surface area contributed by atoms with Crippen LogP contribution in [0.1, 0.15) is 0 Å². The molecule has 0 spiro atoms. The van der Waals surface area contributed by atoms with Gasteiger partial charge in [0.25, 0.3) is 0 Å². The topological polar surface area (TPSA) is 75.5 Å². The van der Waals surface area contributed by atoms with Crippen LogP contribution in [0.25, 0.3) is 11.3 Å². The van der Waals surface area contributed by atoms with Crippen LogP contribution in [0, 0.1) is 0 Å². The summed E-state index contributed by atoms with van der Waals surface area (Å²) in [4.78, 5) is 28.9. The maximum atomic E-state index is 11.8. The van der Waals surface area contributed by atoms with Crippen LogP contribution in [-0.4, -0.2) is 44.0 Å². The van der Waals surface area contributed by atoms with Crippen molar-refractivity contribution >= 4 is 28.3 Å². The molecule has 3 N–H and O–H groups in total. The highest BCUT2D eigenvalue weighted by molar-refractivity contribution is 7.14. The van der Waals surface area contributed by atoms with Crippen molar-refractivity contribution in [3.8, 4) is 11.3 Å². The molecule has 0 radical (unpaired) electrons. The first-order valence-electron chi connectivity index (χ1n) is 6.95. The van der Waals surface area contributed by atoms with Gasteiger partial charge in [-0.2, -0.15) is 0 Å². The lowest BCUT2D eigenvalue weighted by molar-refractivity contribution is -0.856. The first-order valence-corrected chi connectivity index (χ1v) is 7.83. The molecule has 2 aromatic rings. The summed E-state index contributed by atoms with van der Waals surface area (Å²) in [6.45, 7) is 1.22. The second kappa shape index (κ2) is 7.67. The number of carbonyl (C=O) groups is 2. The van der Waals surface area contributed by atoms with E-state index in [2.05, 4.69) is 15.6 Å². The average Bonchev–Trinajstić information content (AvgIpc) is 2.96. The minimum absolute atomic E-state index is 0.414. The number of likely N-dealkylation sites (N-methyl/N-ethyl adjacent to an activating group) is 1. The Balaban J connectivity index is 1.90. The summed E-state index contributed by atoms with van der Waals surface area (Å²) < 4.78 is 0. The number of nitrogens with zero attached hydrogens (tertiary/aromatic N) is 1. The average molecular weight is 319 g/mol. The monoisotopic (exact) mass is 319 g/mol. The fraction of sp³-hybridized carbons (Fsp3) is 0.267. The van der Waals surface area contributed by atoms with Gasteiger partial charge in [0.05, 0.1) is 32.9 Å². The summed E-state index contributed by atoms with van der Waals surface area (Å²) in [5.41, 5.74) is 1.75. The van der Waals surface area contributed by atoms with Crippen LogP contribution in [0.4, 0.5) is 5.13 Å². The largest absolute Gasteiger partial charge is 0.342 e. The Hall–Kier alpha value is -2.25. The van der Waals surface area contributed by atoms with E-state index >= 15 is 0 Å². The Bertz CT molecular complexity index is 640. The van der Waals surface area contributed by atoms with Crippen molar-refractivity contribution < 1.29 is 14.5 Å². The van der Waals surface area contributed by atoms with Gasteiger partial charge in [-0.05, 0) is 0 Å². The maximum absolute atomic E-state index is 11.8. The molecule has 1 aromatic heterocycles. The van der Waals surface area contributed by atoms with Crippen LogP contribution >= 0.6 is 11.3 Å². The van der Waals surface area contributed by atoms with Gasteiger partial charge in [0.2, 0.25) is 0 Å². The van der Waals surface area contributed by atoms with E-state index in [4.69, 9.17) is 0 Å². The van der Waals surface area contributed by atoms with Crippen molar-refractivity contribution in [3.05, 3.63) is 35.7 Å². The summed E-state index contributed by atoms with van der Waals surface area (Å²) in [6, 6.07) is 9.66. The van der Waals surface area contributed by atoms with Gasteiger partial charge >= 0.3 is 11.8 Å². The van der Waals surface area contributed by atoms with E-state index < -0.39 is 11.8 Å². The van der Waals surface area contributed by atoms with E-state index in [1.54, 1.807) is 0 Å². The first kappa shape index (κ1) is 16.1. The smallest absolute Gasteiger partial charge is 0.315 e. The molecular weight excluding hydrogens is 300 g/mol. The Labute approximate surface area is 133 Å². The number of benzene rings is 1. The predicted octanol–water partition coefficient (Wildman–Crippen LogP) is 0.00930. The number of aromatic nitrogens is 1. The van der Waals surface area contributed by atoms with Gasteiger partial charge < -0.3 is 10.2 Å². The quantitative estimate of drug-likeness (QED) is 0.680. The number of hydrogen-bond donors (Lipinski definition) is 3. The number of quaternary nitrogens is 1. The molecule has 1 aromatic carbocycles. The molecule has 7 heteroatoms. The zero-order valence-electron chi connectivity index (χ0n) is 12.6. The molecule has 0 bridgehead atoms. The van der Waals surface area contributed by atoms with Gasteiger partial charge in [-0.1, -0.05) is 30.3 Å². The highest BCUT2D eigenvalue weighted by atomic mass is 32.1.